The molecule has 1 aliphatic carbocycles. The predicted molar refractivity (Wildman–Crippen MR) is 69.9 cm³/mol. The lowest BCUT2D eigenvalue weighted by Crippen LogP contribution is -2.22. The first kappa shape index (κ1) is 14.8. The zero-order chi connectivity index (χ0) is 12.5. The number of amides is 1. The average Bonchev–Trinajstić information content (AvgIpc) is 2.29. The van der Waals surface area contributed by atoms with Gasteiger partial charge in [0.15, 0.2) is 0 Å². The first-order valence-corrected chi connectivity index (χ1v) is 8.65. The molecule has 0 spiro atoms. The summed E-state index contributed by atoms with van der Waals surface area (Å²) in [6.45, 7) is 0. The van der Waals surface area contributed by atoms with Gasteiger partial charge in [-0.3, -0.25) is 0 Å². The summed E-state index contributed by atoms with van der Waals surface area (Å²) >= 11 is 0. The van der Waals surface area contributed by atoms with Crippen LogP contribution in [-0.4, -0.2) is 17.5 Å². The highest BCUT2D eigenvalue weighted by atomic mass is 33.5. The quantitative estimate of drug-likeness (QED) is 0.200. The minimum atomic E-state index is -1.19. The number of nitrogens with one attached hydrogen (secondary N) is 1. The van der Waals surface area contributed by atoms with Gasteiger partial charge < -0.3 is 15.3 Å². The molecule has 1 fully saturated rings. The van der Waals surface area contributed by atoms with Crippen LogP contribution in [0.25, 0.3) is 0 Å². The summed E-state index contributed by atoms with van der Waals surface area (Å²) in [5.41, 5.74) is 4.62. The molecule has 6 nitrogen and oxygen atoms in total. The van der Waals surface area contributed by atoms with Gasteiger partial charge in [0.2, 0.25) is 0 Å². The zero-order valence-electron chi connectivity index (χ0n) is 9.05. The van der Waals surface area contributed by atoms with Crippen molar-refractivity contribution in [3.63, 3.8) is 0 Å². The van der Waals surface area contributed by atoms with Gasteiger partial charge in [-0.15, -0.1) is 0 Å². The molecule has 0 radical (unpaired) electrons. The monoisotopic (exact) mass is 298 g/mol. The highest BCUT2D eigenvalue weighted by Crippen LogP contribution is 2.41. The average molecular weight is 298 g/mol. The summed E-state index contributed by atoms with van der Waals surface area (Å²) in [5.74, 6) is 0. The molecule has 0 aromatic rings. The van der Waals surface area contributed by atoms with E-state index in [2.05, 4.69) is 20.2 Å². The summed E-state index contributed by atoms with van der Waals surface area (Å²) in [7, 11) is 4.41. The topological polar surface area (TPSA) is 90.7 Å². The molecule has 1 amide bonds. The van der Waals surface area contributed by atoms with Crippen LogP contribution in [0, 0.1) is 0 Å². The van der Waals surface area contributed by atoms with Gasteiger partial charge in [-0.2, -0.15) is 0 Å². The highest BCUT2D eigenvalue weighted by Gasteiger charge is 2.14. The van der Waals surface area contributed by atoms with Gasteiger partial charge in [0, 0.05) is 16.2 Å². The number of rotatable bonds is 5. The molecule has 0 atom stereocenters. The van der Waals surface area contributed by atoms with E-state index in [-0.39, 0.29) is 0 Å². The molecule has 0 heterocycles. The van der Waals surface area contributed by atoms with Crippen LogP contribution in [-0.2, 0) is 9.57 Å². The van der Waals surface area contributed by atoms with Crippen molar-refractivity contribution in [3.8, 4) is 0 Å². The third-order valence-corrected chi connectivity index (χ3v) is 5.93. The van der Waals surface area contributed by atoms with Crippen molar-refractivity contribution in [1.82, 2.24) is 4.89 Å². The van der Waals surface area contributed by atoms with Gasteiger partial charge in [-0.1, -0.05) is 34.9 Å². The van der Waals surface area contributed by atoms with Gasteiger partial charge >= 0.3 is 12.2 Å². The molecule has 0 bridgehead atoms. The van der Waals surface area contributed by atoms with Crippen molar-refractivity contribution >= 4 is 43.8 Å². The molecule has 0 unspecified atom stereocenters. The van der Waals surface area contributed by atoms with Gasteiger partial charge in [-0.05, 0) is 22.7 Å². The maximum Gasteiger partial charge on any atom is 0.537 e. The predicted octanol–water partition coefficient (Wildman–Crippen LogP) is 3.00. The maximum atomic E-state index is 10.7. The maximum absolute atomic E-state index is 10.7. The Morgan fingerprint density at radius 2 is 1.94 bits per heavy atom. The van der Waals surface area contributed by atoms with Gasteiger partial charge in [-0.25, -0.2) is 9.59 Å². The van der Waals surface area contributed by atoms with E-state index in [1.807, 2.05) is 0 Å². The smallest absolute Gasteiger partial charge is 0.342 e. The van der Waals surface area contributed by atoms with Crippen LogP contribution in [0.2, 0.25) is 0 Å². The fourth-order valence-corrected chi connectivity index (χ4v) is 5.03. The van der Waals surface area contributed by atoms with E-state index in [0.29, 0.717) is 5.25 Å². The van der Waals surface area contributed by atoms with E-state index in [4.69, 9.17) is 0 Å². The van der Waals surface area contributed by atoms with Crippen LogP contribution in [0.1, 0.15) is 32.1 Å². The Kier molecular flexibility index (Phi) is 7.65. The molecule has 0 aliphatic heterocycles. The molecule has 0 saturated heterocycles. The summed E-state index contributed by atoms with van der Waals surface area (Å²) < 4.78 is 3.93. The van der Waals surface area contributed by atoms with E-state index in [0.717, 1.165) is 11.0 Å². The normalized spacial score (nSPS) is 16.5. The van der Waals surface area contributed by atoms with Gasteiger partial charge in [0.1, 0.15) is 0 Å². The second-order valence-corrected chi connectivity index (χ2v) is 7.40. The Labute approximate surface area is 111 Å². The Morgan fingerprint density at radius 1 is 1.24 bits per heavy atom. The lowest BCUT2D eigenvalue weighted by atomic mass is 10.0. The van der Waals surface area contributed by atoms with Crippen LogP contribution < -0.4 is 10.6 Å². The van der Waals surface area contributed by atoms with Crippen LogP contribution in [0.4, 0.5) is 9.59 Å². The SMILES string of the molecule is NC(=O)OC(=O)ONSSSC1CCCCC1. The number of nitrogens with two attached hydrogens (primary N) is 1. The molecule has 0 aromatic heterocycles. The highest BCUT2D eigenvalue weighted by molar-refractivity contribution is 9.09. The van der Waals surface area contributed by atoms with Crippen LogP contribution in [0.5, 0.6) is 0 Å². The number of ether oxygens (including phenoxy) is 1. The van der Waals surface area contributed by atoms with Crippen molar-refractivity contribution in [2.75, 3.05) is 0 Å². The van der Waals surface area contributed by atoms with Gasteiger partial charge in [0.25, 0.3) is 0 Å². The molecule has 3 N–H and O–H groups in total. The minimum Gasteiger partial charge on any atom is -0.342 e. The molecule has 98 valence electrons. The number of primary amides is 1. The summed E-state index contributed by atoms with van der Waals surface area (Å²) in [4.78, 5) is 27.5. The molecular weight excluding hydrogens is 284 g/mol. The molecule has 1 saturated carbocycles. The lowest BCUT2D eigenvalue weighted by Gasteiger charge is -2.19. The molecular formula is C8H14N2O4S3. The fraction of sp³-hybridized carbons (Fsp3) is 0.750. The van der Waals surface area contributed by atoms with E-state index >= 15 is 0 Å². The van der Waals surface area contributed by atoms with Crippen LogP contribution in [0.15, 0.2) is 0 Å². The van der Waals surface area contributed by atoms with Crippen molar-refractivity contribution in [2.45, 2.75) is 37.4 Å². The third kappa shape index (κ3) is 7.63. The minimum absolute atomic E-state index is 0.667. The molecule has 0 aromatic carbocycles. The Morgan fingerprint density at radius 3 is 2.59 bits per heavy atom. The molecule has 9 heteroatoms. The largest absolute Gasteiger partial charge is 0.537 e. The van der Waals surface area contributed by atoms with Crippen LogP contribution in [0.3, 0.4) is 0 Å². The molecule has 17 heavy (non-hydrogen) atoms. The second kappa shape index (κ2) is 8.78. The van der Waals surface area contributed by atoms with Crippen molar-refractivity contribution in [2.24, 2.45) is 5.73 Å². The van der Waals surface area contributed by atoms with Crippen molar-refractivity contribution in [3.05, 3.63) is 0 Å². The number of hydrogen-bond acceptors (Lipinski definition) is 8. The first-order valence-electron chi connectivity index (χ1n) is 5.10. The number of hydrogen-bond donors (Lipinski definition) is 2. The van der Waals surface area contributed by atoms with Gasteiger partial charge in [0.05, 0.1) is 0 Å². The Bertz CT molecular complexity index is 261. The van der Waals surface area contributed by atoms with Crippen molar-refractivity contribution < 1.29 is 19.2 Å². The molecule has 1 rings (SSSR count). The zero-order valence-corrected chi connectivity index (χ0v) is 11.5. The summed E-state index contributed by atoms with van der Waals surface area (Å²) in [6, 6.07) is 0. The van der Waals surface area contributed by atoms with E-state index in [1.54, 1.807) is 10.8 Å². The standard InChI is InChI=1S/C8H14N2O4S3/c9-7(11)13-8(12)14-10-16-17-15-6-4-2-1-3-5-6/h6,10H,1-5H2,(H2,9,11). The fourth-order valence-electron chi connectivity index (χ4n) is 1.40. The Balaban J connectivity index is 1.93. The van der Waals surface area contributed by atoms with E-state index < -0.39 is 12.2 Å². The first-order chi connectivity index (χ1) is 8.18. The van der Waals surface area contributed by atoms with Crippen LogP contribution >= 0.6 is 31.6 Å². The van der Waals surface area contributed by atoms with E-state index in [9.17, 15) is 9.59 Å². The Hall–Kier alpha value is -0.250. The number of carbonyl (C=O) groups excluding carboxylic acids is 2. The lowest BCUT2D eigenvalue weighted by molar-refractivity contribution is 0.0653. The summed E-state index contributed by atoms with van der Waals surface area (Å²) in [5, 5.41) is 0.667. The van der Waals surface area contributed by atoms with E-state index in [1.165, 1.54) is 41.9 Å². The summed E-state index contributed by atoms with van der Waals surface area (Å²) in [6.07, 6.45) is 4.04. The molecule has 1 aliphatic rings. The van der Waals surface area contributed by atoms with Crippen molar-refractivity contribution in [1.29, 1.82) is 0 Å². The number of carbonyl (C=O) groups is 2. The second-order valence-electron chi connectivity index (χ2n) is 3.36. The third-order valence-electron chi connectivity index (χ3n) is 2.10.